The summed E-state index contributed by atoms with van der Waals surface area (Å²) in [5.74, 6) is 0.00965. The number of benzene rings is 2. The molecule has 3 rings (SSSR count). The Morgan fingerprint density at radius 3 is 2.62 bits per heavy atom. The number of nitro groups is 1. The van der Waals surface area contributed by atoms with E-state index in [0.29, 0.717) is 28.7 Å². The van der Waals surface area contributed by atoms with Gasteiger partial charge in [0.1, 0.15) is 0 Å². The van der Waals surface area contributed by atoms with Crippen LogP contribution in [0.1, 0.15) is 38.3 Å². The summed E-state index contributed by atoms with van der Waals surface area (Å²) in [6, 6.07) is 7.09. The van der Waals surface area contributed by atoms with Crippen LogP contribution in [0.4, 0.5) is 5.69 Å². The molecule has 8 nitrogen and oxygen atoms in total. The molecule has 1 aliphatic heterocycles. The zero-order valence-corrected chi connectivity index (χ0v) is 19.1. The number of non-ortho nitro benzene ring substituents is 1. The molecule has 0 fully saturated rings. The average molecular weight is 479 g/mol. The highest BCUT2D eigenvalue weighted by atomic mass is 35.5. The molecule has 0 bridgehead atoms. The van der Waals surface area contributed by atoms with Crippen LogP contribution < -0.4 is 9.47 Å². The normalized spacial score (nSPS) is 15.3. The Bertz CT molecular complexity index is 1130. The Morgan fingerprint density at radius 1 is 1.22 bits per heavy atom. The van der Waals surface area contributed by atoms with Gasteiger partial charge in [-0.25, -0.2) is 9.79 Å². The van der Waals surface area contributed by atoms with Crippen molar-refractivity contribution in [3.8, 4) is 11.5 Å². The lowest BCUT2D eigenvalue weighted by molar-refractivity contribution is -0.384. The van der Waals surface area contributed by atoms with Crippen molar-refractivity contribution in [3.63, 3.8) is 0 Å². The van der Waals surface area contributed by atoms with Crippen LogP contribution in [0.25, 0.3) is 6.08 Å². The summed E-state index contributed by atoms with van der Waals surface area (Å²) in [6.45, 7) is 6.14. The Morgan fingerprint density at radius 2 is 1.97 bits per heavy atom. The van der Waals surface area contributed by atoms with Crippen LogP contribution in [0, 0.1) is 10.1 Å². The number of cyclic esters (lactones) is 1. The van der Waals surface area contributed by atoms with Gasteiger partial charge in [-0.15, -0.1) is 0 Å². The van der Waals surface area contributed by atoms with Gasteiger partial charge in [-0.3, -0.25) is 10.1 Å². The summed E-state index contributed by atoms with van der Waals surface area (Å²) < 4.78 is 16.7. The van der Waals surface area contributed by atoms with E-state index in [0.717, 1.165) is 6.42 Å². The lowest BCUT2D eigenvalue weighted by atomic mass is 10.1. The van der Waals surface area contributed by atoms with Crippen molar-refractivity contribution in [1.82, 2.24) is 0 Å². The van der Waals surface area contributed by atoms with Crippen molar-refractivity contribution >= 4 is 46.8 Å². The van der Waals surface area contributed by atoms with E-state index in [4.69, 9.17) is 37.4 Å². The maximum Gasteiger partial charge on any atom is 0.363 e. The van der Waals surface area contributed by atoms with E-state index in [9.17, 15) is 14.9 Å². The molecule has 2 aromatic carbocycles. The lowest BCUT2D eigenvalue weighted by Crippen LogP contribution is -2.11. The fourth-order valence-corrected chi connectivity index (χ4v) is 3.27. The maximum absolute atomic E-state index is 12.4. The monoisotopic (exact) mass is 478 g/mol. The first kappa shape index (κ1) is 23.6. The van der Waals surface area contributed by atoms with E-state index < -0.39 is 10.9 Å². The average Bonchev–Trinajstić information content (AvgIpc) is 3.10. The third-order valence-electron chi connectivity index (χ3n) is 4.54. The van der Waals surface area contributed by atoms with Crippen molar-refractivity contribution < 1.29 is 23.9 Å². The number of ether oxygens (including phenoxy) is 3. The lowest BCUT2D eigenvalue weighted by Gasteiger charge is -2.18. The second-order valence-electron chi connectivity index (χ2n) is 6.86. The van der Waals surface area contributed by atoms with Gasteiger partial charge < -0.3 is 14.2 Å². The molecule has 1 aliphatic rings. The fourth-order valence-electron chi connectivity index (χ4n) is 2.81. The Kier molecular flexibility index (Phi) is 7.37. The molecule has 0 radical (unpaired) electrons. The first-order valence-corrected chi connectivity index (χ1v) is 10.6. The number of carbonyl (C=O) groups excluding carboxylic acids is 1. The third-order valence-corrected chi connectivity index (χ3v) is 5.15. The van der Waals surface area contributed by atoms with Gasteiger partial charge in [0.05, 0.1) is 33.2 Å². The molecule has 0 saturated carbocycles. The van der Waals surface area contributed by atoms with Gasteiger partial charge >= 0.3 is 5.97 Å². The minimum Gasteiger partial charge on any atom is -0.490 e. The number of hydrogen-bond acceptors (Lipinski definition) is 7. The molecule has 0 aliphatic carbocycles. The molecule has 168 valence electrons. The minimum atomic E-state index is -0.725. The third kappa shape index (κ3) is 5.20. The number of carbonyl (C=O) groups is 1. The summed E-state index contributed by atoms with van der Waals surface area (Å²) >= 11 is 12.5. The predicted molar refractivity (Wildman–Crippen MR) is 122 cm³/mol. The number of esters is 1. The Hall–Kier alpha value is -3.10. The first-order chi connectivity index (χ1) is 15.2. The zero-order valence-electron chi connectivity index (χ0n) is 17.6. The number of nitro benzene ring substituents is 1. The molecule has 1 atom stereocenters. The zero-order chi connectivity index (χ0) is 23.4. The van der Waals surface area contributed by atoms with Gasteiger partial charge in [0.15, 0.2) is 17.2 Å². The Balaban J connectivity index is 1.99. The summed E-state index contributed by atoms with van der Waals surface area (Å²) in [6.07, 6.45) is 2.20. The van der Waals surface area contributed by atoms with Gasteiger partial charge in [0.2, 0.25) is 5.90 Å². The molecular weight excluding hydrogens is 459 g/mol. The largest absolute Gasteiger partial charge is 0.490 e. The van der Waals surface area contributed by atoms with Crippen LogP contribution in [0.5, 0.6) is 11.5 Å². The van der Waals surface area contributed by atoms with Gasteiger partial charge in [-0.2, -0.15) is 0 Å². The quantitative estimate of drug-likeness (QED) is 0.205. The van der Waals surface area contributed by atoms with E-state index >= 15 is 0 Å². The van der Waals surface area contributed by atoms with E-state index in [1.165, 1.54) is 24.3 Å². The topological polar surface area (TPSA) is 100 Å². The van der Waals surface area contributed by atoms with Crippen LogP contribution in [-0.2, 0) is 9.53 Å². The molecule has 0 spiro atoms. The first-order valence-electron chi connectivity index (χ1n) is 9.83. The summed E-state index contributed by atoms with van der Waals surface area (Å²) in [4.78, 5) is 27.0. The molecule has 32 heavy (non-hydrogen) atoms. The SMILES string of the molecule is CCOc1cc(/C=C2\N=C(c3cc([N+](=O)[O-])ccc3Cl)OC2=O)cc(Cl)c1OC(C)CC. The van der Waals surface area contributed by atoms with Crippen molar-refractivity contribution in [3.05, 3.63) is 67.3 Å². The predicted octanol–water partition coefficient (Wildman–Crippen LogP) is 5.82. The molecule has 0 N–H and O–H groups in total. The number of hydrogen-bond donors (Lipinski definition) is 0. The molecule has 0 aromatic heterocycles. The van der Waals surface area contributed by atoms with E-state index in [1.807, 2.05) is 20.8 Å². The van der Waals surface area contributed by atoms with Gasteiger partial charge in [-0.1, -0.05) is 30.1 Å². The molecule has 0 saturated heterocycles. The maximum atomic E-state index is 12.4. The highest BCUT2D eigenvalue weighted by Gasteiger charge is 2.27. The number of halogens is 2. The van der Waals surface area contributed by atoms with Crippen LogP contribution in [0.2, 0.25) is 10.0 Å². The van der Waals surface area contributed by atoms with E-state index in [1.54, 1.807) is 12.1 Å². The Labute approximate surface area is 194 Å². The molecule has 1 heterocycles. The summed E-state index contributed by atoms with van der Waals surface area (Å²) in [5, 5.41) is 11.5. The number of nitrogens with zero attached hydrogens (tertiary/aromatic N) is 2. The van der Waals surface area contributed by atoms with E-state index in [-0.39, 0.29) is 34.0 Å². The van der Waals surface area contributed by atoms with Crippen LogP contribution in [0.15, 0.2) is 41.0 Å². The smallest absolute Gasteiger partial charge is 0.363 e. The molecule has 2 aromatic rings. The fraction of sp³-hybridized carbons (Fsp3) is 0.273. The highest BCUT2D eigenvalue weighted by molar-refractivity contribution is 6.34. The van der Waals surface area contributed by atoms with Crippen molar-refractivity contribution in [2.45, 2.75) is 33.3 Å². The molecule has 1 unspecified atom stereocenters. The second-order valence-corrected chi connectivity index (χ2v) is 7.67. The number of rotatable bonds is 8. The van der Waals surface area contributed by atoms with Crippen LogP contribution in [-0.4, -0.2) is 29.5 Å². The second kappa shape index (κ2) is 10.0. The summed E-state index contributed by atoms with van der Waals surface area (Å²) in [5.41, 5.74) is 0.460. The van der Waals surface area contributed by atoms with Gasteiger partial charge in [-0.05, 0) is 50.1 Å². The van der Waals surface area contributed by atoms with Gasteiger partial charge in [0, 0.05) is 12.1 Å². The molecular formula is C22H20Cl2N2O6. The molecule has 10 heteroatoms. The van der Waals surface area contributed by atoms with Gasteiger partial charge in [0.25, 0.3) is 5.69 Å². The van der Waals surface area contributed by atoms with E-state index in [2.05, 4.69) is 4.99 Å². The van der Waals surface area contributed by atoms with Crippen molar-refractivity contribution in [2.24, 2.45) is 4.99 Å². The number of aliphatic imine (C=N–C) groups is 1. The summed E-state index contributed by atoms with van der Waals surface area (Å²) in [7, 11) is 0. The minimum absolute atomic E-state index is 0.0170. The molecule has 0 amide bonds. The highest BCUT2D eigenvalue weighted by Crippen LogP contribution is 2.38. The van der Waals surface area contributed by atoms with Crippen LogP contribution >= 0.6 is 23.2 Å². The van der Waals surface area contributed by atoms with Crippen molar-refractivity contribution in [1.29, 1.82) is 0 Å². The van der Waals surface area contributed by atoms with Crippen LogP contribution in [0.3, 0.4) is 0 Å². The standard InChI is InChI=1S/C22H20Cl2N2O6/c1-4-12(3)31-20-17(24)8-13(10-19(20)30-5-2)9-18-22(27)32-21(25-18)15-11-14(26(28)29)6-7-16(15)23/h6-12H,4-5H2,1-3H3/b18-9-. The van der Waals surface area contributed by atoms with Crippen molar-refractivity contribution in [2.75, 3.05) is 6.61 Å².